The number of aromatic hydroxyl groups is 1. The maximum absolute atomic E-state index is 10.7. The molecule has 0 unspecified atom stereocenters. The van der Waals surface area contributed by atoms with E-state index in [4.69, 9.17) is 16.6 Å². The van der Waals surface area contributed by atoms with Gasteiger partial charge in [-0.05, 0) is 19.1 Å². The molecule has 0 fully saturated rings. The van der Waals surface area contributed by atoms with E-state index in [1.807, 2.05) is 0 Å². The number of carbonyl (C=O) groups excluding carboxylic acids is 1. The zero-order valence-electron chi connectivity index (χ0n) is 8.23. The minimum Gasteiger partial charge on any atom is -0.507 e. The quantitative estimate of drug-likeness (QED) is 0.601. The number of rotatable bonds is 2. The Labute approximate surface area is 83.5 Å². The highest BCUT2D eigenvalue weighted by atomic mass is 16.3. The Morgan fingerprint density at radius 3 is 2.07 bits per heavy atom. The van der Waals surface area contributed by atoms with Crippen LogP contribution in [0.15, 0.2) is 24.3 Å². The molecular formula is C10H16N2O2. The van der Waals surface area contributed by atoms with Gasteiger partial charge >= 0.3 is 0 Å². The molecule has 0 heterocycles. The summed E-state index contributed by atoms with van der Waals surface area (Å²) in [6.07, 6.45) is 0. The molecule has 1 aromatic carbocycles. The van der Waals surface area contributed by atoms with E-state index in [0.717, 1.165) is 0 Å². The fourth-order valence-corrected chi connectivity index (χ4v) is 0.771. The maximum Gasteiger partial charge on any atom is 0.163 e. The van der Waals surface area contributed by atoms with Gasteiger partial charge in [0.15, 0.2) is 5.78 Å². The molecule has 0 aliphatic rings. The summed E-state index contributed by atoms with van der Waals surface area (Å²) in [4.78, 5) is 10.7. The van der Waals surface area contributed by atoms with Gasteiger partial charge in [0.1, 0.15) is 5.75 Å². The van der Waals surface area contributed by atoms with Crippen LogP contribution in [0.4, 0.5) is 0 Å². The zero-order chi connectivity index (χ0) is 11.0. The summed E-state index contributed by atoms with van der Waals surface area (Å²) >= 11 is 0. The van der Waals surface area contributed by atoms with E-state index >= 15 is 0 Å². The molecule has 0 saturated heterocycles. The van der Waals surface area contributed by atoms with Crippen molar-refractivity contribution in [3.05, 3.63) is 29.8 Å². The third-order valence-electron chi connectivity index (χ3n) is 1.45. The predicted octanol–water partition coefficient (Wildman–Crippen LogP) is 0.499. The lowest BCUT2D eigenvalue weighted by atomic mass is 10.1. The summed E-state index contributed by atoms with van der Waals surface area (Å²) in [5.74, 6) is -0.0619. The summed E-state index contributed by atoms with van der Waals surface area (Å²) < 4.78 is 0. The minimum atomic E-state index is -0.113. The molecule has 78 valence electrons. The molecule has 0 atom stereocenters. The van der Waals surface area contributed by atoms with Gasteiger partial charge in [0.25, 0.3) is 0 Å². The van der Waals surface area contributed by atoms with Crippen molar-refractivity contribution in [3.63, 3.8) is 0 Å². The van der Waals surface area contributed by atoms with E-state index in [9.17, 15) is 4.79 Å². The zero-order valence-corrected chi connectivity index (χ0v) is 8.23. The van der Waals surface area contributed by atoms with Crippen molar-refractivity contribution in [1.82, 2.24) is 0 Å². The summed E-state index contributed by atoms with van der Waals surface area (Å²) in [6, 6.07) is 6.49. The highest BCUT2D eigenvalue weighted by molar-refractivity contribution is 5.96. The summed E-state index contributed by atoms with van der Waals surface area (Å²) in [5.41, 5.74) is 10.2. The third kappa shape index (κ3) is 4.59. The van der Waals surface area contributed by atoms with Gasteiger partial charge in [0, 0.05) is 13.1 Å². The molecule has 5 N–H and O–H groups in total. The van der Waals surface area contributed by atoms with E-state index in [-0.39, 0.29) is 11.5 Å². The van der Waals surface area contributed by atoms with Crippen molar-refractivity contribution in [3.8, 4) is 5.75 Å². The molecule has 1 rings (SSSR count). The summed E-state index contributed by atoms with van der Waals surface area (Å²) in [6.45, 7) is 2.62. The van der Waals surface area contributed by atoms with E-state index in [1.165, 1.54) is 13.0 Å². The molecule has 0 radical (unpaired) electrons. The van der Waals surface area contributed by atoms with E-state index in [2.05, 4.69) is 0 Å². The fraction of sp³-hybridized carbons (Fsp3) is 0.300. The van der Waals surface area contributed by atoms with Gasteiger partial charge in [-0.3, -0.25) is 4.79 Å². The molecule has 0 bridgehead atoms. The molecule has 0 aliphatic heterocycles. The highest BCUT2D eigenvalue weighted by Crippen LogP contribution is 2.15. The fourth-order valence-electron chi connectivity index (χ4n) is 0.771. The number of ketones is 1. The lowest BCUT2D eigenvalue weighted by Gasteiger charge is -1.96. The Balaban J connectivity index is 0.000000364. The largest absolute Gasteiger partial charge is 0.507 e. The molecule has 14 heavy (non-hydrogen) atoms. The van der Waals surface area contributed by atoms with Crippen molar-refractivity contribution in [2.45, 2.75) is 6.92 Å². The normalized spacial score (nSPS) is 8.79. The average molecular weight is 196 g/mol. The molecule has 0 amide bonds. The van der Waals surface area contributed by atoms with Crippen LogP contribution in [0.5, 0.6) is 5.75 Å². The first-order chi connectivity index (χ1) is 6.63. The van der Waals surface area contributed by atoms with Crippen LogP contribution in [0.2, 0.25) is 0 Å². The number of hydrogen-bond donors (Lipinski definition) is 3. The first-order valence-electron chi connectivity index (χ1n) is 4.32. The van der Waals surface area contributed by atoms with Crippen molar-refractivity contribution < 1.29 is 9.90 Å². The second kappa shape index (κ2) is 7.06. The Hall–Kier alpha value is -1.39. The summed E-state index contributed by atoms with van der Waals surface area (Å²) in [5, 5.41) is 9.06. The van der Waals surface area contributed by atoms with Crippen LogP contribution in [-0.4, -0.2) is 24.0 Å². The predicted molar refractivity (Wildman–Crippen MR) is 56.2 cm³/mol. The molecule has 4 heteroatoms. The molecule has 0 aromatic heterocycles. The maximum atomic E-state index is 10.7. The smallest absolute Gasteiger partial charge is 0.163 e. The number of phenolic OH excluding ortho intramolecular Hbond substituents is 1. The first kappa shape index (κ1) is 12.6. The van der Waals surface area contributed by atoms with Crippen LogP contribution in [0.3, 0.4) is 0 Å². The molecule has 1 aromatic rings. The number of phenols is 1. The van der Waals surface area contributed by atoms with Crippen LogP contribution in [0.25, 0.3) is 0 Å². The molecule has 4 nitrogen and oxygen atoms in total. The van der Waals surface area contributed by atoms with Gasteiger partial charge in [-0.1, -0.05) is 12.1 Å². The second-order valence-corrected chi connectivity index (χ2v) is 2.65. The van der Waals surface area contributed by atoms with Gasteiger partial charge in [-0.15, -0.1) is 0 Å². The van der Waals surface area contributed by atoms with Crippen LogP contribution in [0, 0.1) is 0 Å². The number of hydrogen-bond acceptors (Lipinski definition) is 4. The standard InChI is InChI=1S/C8H8O2.C2H8N2/c1-6(9)7-4-2-3-5-8(7)10;3-1-2-4/h2-5,10H,1H3;1-4H2. The van der Waals surface area contributed by atoms with Crippen LogP contribution < -0.4 is 11.5 Å². The van der Waals surface area contributed by atoms with Gasteiger partial charge in [-0.2, -0.15) is 0 Å². The Morgan fingerprint density at radius 2 is 1.79 bits per heavy atom. The third-order valence-corrected chi connectivity index (χ3v) is 1.45. The molecule has 0 spiro atoms. The average Bonchev–Trinajstić information content (AvgIpc) is 2.18. The van der Waals surface area contributed by atoms with Gasteiger partial charge in [0.05, 0.1) is 5.56 Å². The minimum absolute atomic E-state index is 0.0509. The van der Waals surface area contributed by atoms with E-state index < -0.39 is 0 Å². The second-order valence-electron chi connectivity index (χ2n) is 2.65. The van der Waals surface area contributed by atoms with E-state index in [0.29, 0.717) is 18.7 Å². The number of Topliss-reactive ketones (excluding diaryl/α,β-unsaturated/α-hetero) is 1. The van der Waals surface area contributed by atoms with Gasteiger partial charge < -0.3 is 16.6 Å². The van der Waals surface area contributed by atoms with Gasteiger partial charge in [-0.25, -0.2) is 0 Å². The number of para-hydroxylation sites is 1. The SMILES string of the molecule is CC(=O)c1ccccc1O.NCCN. The molecule has 0 aliphatic carbocycles. The van der Waals surface area contributed by atoms with Crippen LogP contribution in [-0.2, 0) is 0 Å². The number of carbonyl (C=O) groups is 1. The number of benzene rings is 1. The molecule has 0 saturated carbocycles. The Morgan fingerprint density at radius 1 is 1.29 bits per heavy atom. The number of nitrogens with two attached hydrogens (primary N) is 2. The highest BCUT2D eigenvalue weighted by Gasteiger charge is 2.02. The lowest BCUT2D eigenvalue weighted by Crippen LogP contribution is -2.11. The summed E-state index contributed by atoms with van der Waals surface area (Å²) in [7, 11) is 0. The van der Waals surface area contributed by atoms with Crippen molar-refractivity contribution >= 4 is 5.78 Å². The van der Waals surface area contributed by atoms with Crippen LogP contribution >= 0.6 is 0 Å². The van der Waals surface area contributed by atoms with Crippen LogP contribution in [0.1, 0.15) is 17.3 Å². The first-order valence-corrected chi connectivity index (χ1v) is 4.32. The Bertz CT molecular complexity index is 285. The Kier molecular flexibility index (Phi) is 6.36. The van der Waals surface area contributed by atoms with Crippen molar-refractivity contribution in [1.29, 1.82) is 0 Å². The van der Waals surface area contributed by atoms with E-state index in [1.54, 1.807) is 18.2 Å². The van der Waals surface area contributed by atoms with Crippen molar-refractivity contribution in [2.24, 2.45) is 11.5 Å². The topological polar surface area (TPSA) is 89.3 Å². The van der Waals surface area contributed by atoms with Gasteiger partial charge in [0.2, 0.25) is 0 Å². The van der Waals surface area contributed by atoms with Crippen molar-refractivity contribution in [2.75, 3.05) is 13.1 Å². The monoisotopic (exact) mass is 196 g/mol. The molecular weight excluding hydrogens is 180 g/mol. The lowest BCUT2D eigenvalue weighted by molar-refractivity contribution is 0.101.